The number of nitrogens with two attached hydrogens (primary N) is 1. The number of aliphatic hydroxyl groups excluding tert-OH is 1. The Morgan fingerprint density at radius 2 is 2.22 bits per heavy atom. The lowest BCUT2D eigenvalue weighted by Gasteiger charge is -2.20. The Bertz CT molecular complexity index is 90.6. The molecule has 0 aliphatic carbocycles. The quantitative estimate of drug-likeness (QED) is 0.470. The molecule has 2 atom stereocenters. The van der Waals surface area contributed by atoms with Gasteiger partial charge in [0, 0.05) is 6.54 Å². The predicted octanol–water partition coefficient (Wildman–Crippen LogP) is -0.797. The van der Waals surface area contributed by atoms with Crippen LogP contribution in [0.2, 0.25) is 0 Å². The third-order valence-electron chi connectivity index (χ3n) is 0.909. The summed E-state index contributed by atoms with van der Waals surface area (Å²) < 4.78 is 12.2. The van der Waals surface area contributed by atoms with Crippen LogP contribution in [-0.2, 0) is 0 Å². The van der Waals surface area contributed by atoms with Crippen LogP contribution in [0.4, 0.5) is 4.39 Å². The molecular weight excluding hydrogens is 148 g/mol. The van der Waals surface area contributed by atoms with E-state index in [9.17, 15) is 4.39 Å². The zero-order valence-electron chi connectivity index (χ0n) is 4.72. The molecule has 3 nitrogen and oxygen atoms in total. The summed E-state index contributed by atoms with van der Waals surface area (Å²) in [5.41, 5.74) is 4.80. The standard InChI is InChI=1S/C4H9ClFNO2/c5-4(9,2-8)3(6)1-7/h3,8-9H,1-2,7H2/t3-,4?/m1/s1. The molecule has 0 saturated heterocycles. The fourth-order valence-electron chi connectivity index (χ4n) is 0.280. The smallest absolute Gasteiger partial charge is 0.194 e. The highest BCUT2D eigenvalue weighted by molar-refractivity contribution is 6.23. The molecule has 0 aliphatic heterocycles. The maximum absolute atomic E-state index is 12.2. The van der Waals surface area contributed by atoms with Crippen LogP contribution in [0.15, 0.2) is 0 Å². The molecule has 0 fully saturated rings. The number of hydrogen-bond donors (Lipinski definition) is 3. The molecule has 1 unspecified atom stereocenters. The van der Waals surface area contributed by atoms with Gasteiger partial charge in [0.1, 0.15) is 0 Å². The minimum Gasteiger partial charge on any atom is -0.392 e. The van der Waals surface area contributed by atoms with Gasteiger partial charge in [-0.3, -0.25) is 0 Å². The largest absolute Gasteiger partial charge is 0.392 e. The van der Waals surface area contributed by atoms with Crippen molar-refractivity contribution in [3.05, 3.63) is 0 Å². The number of hydrogen-bond acceptors (Lipinski definition) is 3. The van der Waals surface area contributed by atoms with Crippen LogP contribution in [-0.4, -0.2) is 34.6 Å². The van der Waals surface area contributed by atoms with E-state index in [0.717, 1.165) is 0 Å². The Balaban J connectivity index is 3.80. The molecule has 0 bridgehead atoms. The first-order valence-corrected chi connectivity index (χ1v) is 2.78. The maximum Gasteiger partial charge on any atom is 0.194 e. The first kappa shape index (κ1) is 9.10. The van der Waals surface area contributed by atoms with Crippen molar-refractivity contribution in [2.45, 2.75) is 11.2 Å². The summed E-state index contributed by atoms with van der Waals surface area (Å²) in [6, 6.07) is 0. The van der Waals surface area contributed by atoms with E-state index in [2.05, 4.69) is 0 Å². The first-order chi connectivity index (χ1) is 4.04. The molecule has 0 saturated carbocycles. The Labute approximate surface area is 57.2 Å². The Morgan fingerprint density at radius 1 is 1.78 bits per heavy atom. The molecule has 4 N–H and O–H groups in total. The lowest BCUT2D eigenvalue weighted by molar-refractivity contribution is -0.00362. The zero-order chi connectivity index (χ0) is 7.49. The fraction of sp³-hybridized carbons (Fsp3) is 1.00. The van der Waals surface area contributed by atoms with Gasteiger partial charge in [0.2, 0.25) is 0 Å². The highest BCUT2D eigenvalue weighted by atomic mass is 35.5. The molecule has 0 spiro atoms. The number of rotatable bonds is 3. The van der Waals surface area contributed by atoms with Crippen LogP contribution in [0.5, 0.6) is 0 Å². The summed E-state index contributed by atoms with van der Waals surface area (Å²) in [5, 5.41) is 14.7. The van der Waals surface area contributed by atoms with Gasteiger partial charge in [0.25, 0.3) is 0 Å². The molecule has 0 aromatic rings. The van der Waals surface area contributed by atoms with Crippen LogP contribution in [0, 0.1) is 0 Å². The van der Waals surface area contributed by atoms with E-state index in [1.165, 1.54) is 0 Å². The van der Waals surface area contributed by atoms with Crippen molar-refractivity contribution in [2.75, 3.05) is 13.2 Å². The monoisotopic (exact) mass is 157 g/mol. The van der Waals surface area contributed by atoms with Crippen molar-refractivity contribution in [2.24, 2.45) is 5.73 Å². The average Bonchev–Trinajstić information content (AvgIpc) is 1.86. The van der Waals surface area contributed by atoms with Gasteiger partial charge in [-0.25, -0.2) is 4.39 Å². The van der Waals surface area contributed by atoms with E-state index in [-0.39, 0.29) is 0 Å². The van der Waals surface area contributed by atoms with Gasteiger partial charge in [-0.2, -0.15) is 0 Å². The van der Waals surface area contributed by atoms with Crippen LogP contribution in [0.25, 0.3) is 0 Å². The number of alkyl halides is 2. The van der Waals surface area contributed by atoms with E-state index in [1.807, 2.05) is 0 Å². The van der Waals surface area contributed by atoms with E-state index in [1.54, 1.807) is 0 Å². The second-order valence-corrected chi connectivity index (χ2v) is 2.33. The Kier molecular flexibility index (Phi) is 3.35. The highest BCUT2D eigenvalue weighted by Gasteiger charge is 2.32. The molecule has 0 aromatic carbocycles. The van der Waals surface area contributed by atoms with Crippen molar-refractivity contribution in [3.63, 3.8) is 0 Å². The average molecular weight is 158 g/mol. The van der Waals surface area contributed by atoms with Crippen LogP contribution >= 0.6 is 11.6 Å². The minimum absolute atomic E-state index is 0.402. The summed E-state index contributed by atoms with van der Waals surface area (Å²) in [6.07, 6.45) is -1.79. The molecule has 56 valence electrons. The van der Waals surface area contributed by atoms with Crippen LogP contribution < -0.4 is 5.73 Å². The summed E-state index contributed by atoms with van der Waals surface area (Å²) >= 11 is 5.02. The van der Waals surface area contributed by atoms with Gasteiger partial charge in [-0.15, -0.1) is 0 Å². The van der Waals surface area contributed by atoms with Gasteiger partial charge in [0.05, 0.1) is 6.61 Å². The maximum atomic E-state index is 12.2. The Morgan fingerprint density at radius 3 is 2.33 bits per heavy atom. The molecule has 0 aromatic heterocycles. The lowest BCUT2D eigenvalue weighted by atomic mass is 10.2. The third-order valence-corrected chi connectivity index (χ3v) is 1.26. The van der Waals surface area contributed by atoms with Crippen molar-refractivity contribution >= 4 is 11.6 Å². The second-order valence-electron chi connectivity index (χ2n) is 1.68. The van der Waals surface area contributed by atoms with Crippen LogP contribution in [0.3, 0.4) is 0 Å². The van der Waals surface area contributed by atoms with E-state index in [0.29, 0.717) is 0 Å². The topological polar surface area (TPSA) is 66.5 Å². The van der Waals surface area contributed by atoms with Gasteiger partial charge >= 0.3 is 0 Å². The summed E-state index contributed by atoms with van der Waals surface area (Å²) in [7, 11) is 0. The van der Waals surface area contributed by atoms with Gasteiger partial charge in [-0.1, -0.05) is 11.6 Å². The van der Waals surface area contributed by atoms with Gasteiger partial charge in [0.15, 0.2) is 11.2 Å². The minimum atomic E-state index is -2.21. The van der Waals surface area contributed by atoms with E-state index in [4.69, 9.17) is 27.5 Å². The normalized spacial score (nSPS) is 21.0. The molecule has 9 heavy (non-hydrogen) atoms. The number of halogens is 2. The summed E-state index contributed by atoms with van der Waals surface area (Å²) in [5.74, 6) is 0. The van der Waals surface area contributed by atoms with E-state index < -0.39 is 24.4 Å². The van der Waals surface area contributed by atoms with Crippen LogP contribution in [0.1, 0.15) is 0 Å². The molecule has 5 heteroatoms. The third kappa shape index (κ3) is 2.45. The zero-order valence-corrected chi connectivity index (χ0v) is 5.48. The van der Waals surface area contributed by atoms with E-state index >= 15 is 0 Å². The summed E-state index contributed by atoms with van der Waals surface area (Å²) in [4.78, 5) is 0. The second kappa shape index (κ2) is 3.31. The fourth-order valence-corrected chi connectivity index (χ4v) is 0.369. The molecule has 0 amide bonds. The lowest BCUT2D eigenvalue weighted by Crippen LogP contribution is -2.41. The van der Waals surface area contributed by atoms with Gasteiger partial charge in [-0.05, 0) is 0 Å². The molecule has 0 heterocycles. The number of aliphatic hydroxyl groups is 2. The first-order valence-electron chi connectivity index (χ1n) is 2.41. The molecular formula is C4H9ClFNO2. The Hall–Kier alpha value is 0.1000. The van der Waals surface area contributed by atoms with Crippen molar-refractivity contribution in [1.82, 2.24) is 0 Å². The van der Waals surface area contributed by atoms with Crippen molar-refractivity contribution in [1.29, 1.82) is 0 Å². The molecule has 0 aliphatic rings. The summed E-state index contributed by atoms with van der Waals surface area (Å²) in [6.45, 7) is -1.24. The predicted molar refractivity (Wildman–Crippen MR) is 31.8 cm³/mol. The molecule has 0 rings (SSSR count). The van der Waals surface area contributed by atoms with Crippen molar-refractivity contribution in [3.8, 4) is 0 Å². The highest BCUT2D eigenvalue weighted by Crippen LogP contribution is 2.16. The van der Waals surface area contributed by atoms with Crippen molar-refractivity contribution < 1.29 is 14.6 Å². The SMILES string of the molecule is NC[C@@H](F)C(O)(Cl)CO. The molecule has 0 radical (unpaired) electrons. The van der Waals surface area contributed by atoms with Gasteiger partial charge < -0.3 is 15.9 Å².